The predicted molar refractivity (Wildman–Crippen MR) is 91.1 cm³/mol. The molecule has 0 bridgehead atoms. The van der Waals surface area contributed by atoms with Gasteiger partial charge in [0.05, 0.1) is 0 Å². The van der Waals surface area contributed by atoms with Gasteiger partial charge in [-0.2, -0.15) is 0 Å². The first-order valence-electron chi connectivity index (χ1n) is 6.49. The first kappa shape index (κ1) is 18.0. The highest BCUT2D eigenvalue weighted by molar-refractivity contribution is 7.98. The molecule has 0 aromatic carbocycles. The van der Waals surface area contributed by atoms with Crippen LogP contribution in [0.5, 0.6) is 0 Å². The van der Waals surface area contributed by atoms with Crippen LogP contribution in [-0.4, -0.2) is 51.1 Å². The minimum atomic E-state index is -1.30. The van der Waals surface area contributed by atoms with Crippen LogP contribution in [0.15, 0.2) is 0 Å². The maximum absolute atomic E-state index is 6.51. The molecule has 6 radical (unpaired) electrons. The summed E-state index contributed by atoms with van der Waals surface area (Å²) in [5.41, 5.74) is 0. The van der Waals surface area contributed by atoms with E-state index in [0.717, 1.165) is 0 Å². The van der Waals surface area contributed by atoms with Gasteiger partial charge in [-0.1, -0.05) is 0 Å². The molecule has 17 heavy (non-hydrogen) atoms. The topological polar surface area (TPSA) is 0 Å². The Morgan fingerprint density at radius 2 is 0.941 bits per heavy atom. The number of hydrogen-bond acceptors (Lipinski definition) is 0. The highest BCUT2D eigenvalue weighted by atomic mass is 31.2. The van der Waals surface area contributed by atoms with Crippen molar-refractivity contribution in [2.75, 3.05) is 25.7 Å². The van der Waals surface area contributed by atoms with Gasteiger partial charge in [0.25, 0.3) is 0 Å². The Labute approximate surface area is 114 Å². The second kappa shape index (κ2) is 5.54. The summed E-state index contributed by atoms with van der Waals surface area (Å²) in [6, 6.07) is 0. The normalized spacial score (nSPS) is 20.8. The van der Waals surface area contributed by atoms with Gasteiger partial charge in [0.1, 0.15) is 0 Å². The van der Waals surface area contributed by atoms with Gasteiger partial charge in [0.2, 0.25) is 0 Å². The molecule has 0 aliphatic carbocycles. The second-order valence-corrected chi connectivity index (χ2v) is 16.3. The second-order valence-electron chi connectivity index (χ2n) is 7.68. The Balaban J connectivity index is 4.36. The third-order valence-electron chi connectivity index (χ3n) is 4.31. The SMILES string of the molecule is [B-][P+](C)(CCC[P+]([B-])(C)C(C)(C)C)C(C)(C)C. The van der Waals surface area contributed by atoms with E-state index in [-0.39, 0.29) is 10.3 Å². The van der Waals surface area contributed by atoms with Crippen molar-refractivity contribution in [3.8, 4) is 0 Å². The lowest BCUT2D eigenvalue weighted by Crippen LogP contribution is -2.25. The van der Waals surface area contributed by atoms with E-state index in [1.54, 1.807) is 0 Å². The molecule has 0 aromatic heterocycles. The highest BCUT2D eigenvalue weighted by Gasteiger charge is 2.31. The lowest BCUT2D eigenvalue weighted by Gasteiger charge is -2.48. The zero-order chi connectivity index (χ0) is 14.1. The third kappa shape index (κ3) is 5.24. The first-order chi connectivity index (χ1) is 7.21. The molecule has 0 rings (SSSR count). The van der Waals surface area contributed by atoms with E-state index < -0.39 is 14.3 Å². The van der Waals surface area contributed by atoms with E-state index in [4.69, 9.17) is 15.1 Å². The van der Waals surface area contributed by atoms with Gasteiger partial charge < -0.3 is 15.1 Å². The molecular formula is C13H30B2P2. The molecule has 0 nitrogen and oxygen atoms in total. The van der Waals surface area contributed by atoms with Gasteiger partial charge in [0, 0.05) is 42.4 Å². The van der Waals surface area contributed by atoms with Crippen molar-refractivity contribution >= 4 is 29.4 Å². The van der Waals surface area contributed by atoms with Crippen molar-refractivity contribution in [1.29, 1.82) is 0 Å². The fraction of sp³-hybridized carbons (Fsp3) is 1.00. The predicted octanol–water partition coefficient (Wildman–Crippen LogP) is 4.44. The summed E-state index contributed by atoms with van der Waals surface area (Å²) in [6.45, 7) is 18.1. The summed E-state index contributed by atoms with van der Waals surface area (Å²) < 4.78 is 0. The lowest BCUT2D eigenvalue weighted by atomic mass is 10.3. The number of hydrogen-bond donors (Lipinski definition) is 0. The zero-order valence-electron chi connectivity index (χ0n) is 13.2. The Hall–Kier alpha value is 0.990. The van der Waals surface area contributed by atoms with Gasteiger partial charge in [-0.25, -0.2) is 14.3 Å². The van der Waals surface area contributed by atoms with Crippen LogP contribution in [0.2, 0.25) is 0 Å². The highest BCUT2D eigenvalue weighted by Crippen LogP contribution is 2.65. The van der Waals surface area contributed by atoms with Gasteiger partial charge in [-0.3, -0.25) is 0 Å². The maximum atomic E-state index is 6.51. The van der Waals surface area contributed by atoms with E-state index in [2.05, 4.69) is 54.9 Å². The summed E-state index contributed by atoms with van der Waals surface area (Å²) >= 11 is 0. The summed E-state index contributed by atoms with van der Waals surface area (Å²) in [4.78, 5) is 0. The molecule has 0 aliphatic rings. The summed E-state index contributed by atoms with van der Waals surface area (Å²) in [5.74, 6) is 0. The largest absolute Gasteiger partial charge is 0.306 e. The molecule has 0 spiro atoms. The molecule has 2 unspecified atom stereocenters. The van der Waals surface area contributed by atoms with Crippen molar-refractivity contribution < 1.29 is 0 Å². The van der Waals surface area contributed by atoms with Crippen LogP contribution in [-0.2, 0) is 0 Å². The molecule has 0 N–H and O–H groups in total. The number of rotatable bonds is 4. The molecular weight excluding hydrogens is 240 g/mol. The summed E-state index contributed by atoms with van der Waals surface area (Å²) in [5, 5.41) is 0.524. The Morgan fingerprint density at radius 3 is 1.12 bits per heavy atom. The molecule has 0 aliphatic heterocycles. The Kier molecular flexibility index (Phi) is 5.87. The monoisotopic (exact) mass is 270 g/mol. The van der Waals surface area contributed by atoms with Crippen molar-refractivity contribution in [3.05, 3.63) is 0 Å². The Morgan fingerprint density at radius 1 is 0.706 bits per heavy atom. The quantitative estimate of drug-likeness (QED) is 0.523. The van der Waals surface area contributed by atoms with Gasteiger partial charge >= 0.3 is 0 Å². The first-order valence-corrected chi connectivity index (χ1v) is 11.5. The van der Waals surface area contributed by atoms with Gasteiger partial charge in [0.15, 0.2) is 0 Å². The molecule has 0 fully saturated rings. The van der Waals surface area contributed by atoms with Crippen LogP contribution < -0.4 is 0 Å². The average molecular weight is 270 g/mol. The van der Waals surface area contributed by atoms with E-state index in [1.165, 1.54) is 18.7 Å². The fourth-order valence-corrected chi connectivity index (χ4v) is 4.62. The van der Waals surface area contributed by atoms with Crippen LogP contribution in [0.25, 0.3) is 0 Å². The van der Waals surface area contributed by atoms with E-state index in [0.29, 0.717) is 0 Å². The van der Waals surface area contributed by atoms with Crippen LogP contribution >= 0.6 is 14.3 Å². The maximum Gasteiger partial charge on any atom is 0.0239 e. The summed E-state index contributed by atoms with van der Waals surface area (Å²) in [7, 11) is 10.4. The van der Waals surface area contributed by atoms with E-state index in [1.807, 2.05) is 0 Å². The van der Waals surface area contributed by atoms with Crippen molar-refractivity contribution in [2.24, 2.45) is 0 Å². The van der Waals surface area contributed by atoms with E-state index >= 15 is 0 Å². The molecule has 0 amide bonds. The van der Waals surface area contributed by atoms with Crippen LogP contribution in [0.4, 0.5) is 0 Å². The third-order valence-corrected chi connectivity index (χ3v) is 12.9. The zero-order valence-corrected chi connectivity index (χ0v) is 15.0. The standard InChI is InChI=1S/C13H30B2P2/c1-12(2,3)16(7,14)10-9-11-17(8,15)13(4,5)6/h9-11H2,1-8H3. The van der Waals surface area contributed by atoms with Gasteiger partial charge in [-0.15, -0.1) is 0 Å². The van der Waals surface area contributed by atoms with Crippen molar-refractivity contribution in [1.82, 2.24) is 0 Å². The molecule has 0 aromatic rings. The molecule has 0 saturated carbocycles. The summed E-state index contributed by atoms with van der Waals surface area (Å²) in [6.07, 6.45) is 3.52. The smallest absolute Gasteiger partial charge is 0.0239 e. The fourth-order valence-electron chi connectivity index (χ4n) is 1.40. The van der Waals surface area contributed by atoms with E-state index in [9.17, 15) is 0 Å². The van der Waals surface area contributed by atoms with Crippen LogP contribution in [0.1, 0.15) is 48.0 Å². The molecule has 0 heterocycles. The van der Waals surface area contributed by atoms with Crippen molar-refractivity contribution in [2.45, 2.75) is 58.3 Å². The molecule has 0 saturated heterocycles. The lowest BCUT2D eigenvalue weighted by molar-refractivity contribution is 0.769. The van der Waals surface area contributed by atoms with Gasteiger partial charge in [-0.05, 0) is 41.5 Å². The van der Waals surface area contributed by atoms with Crippen LogP contribution in [0, 0.1) is 0 Å². The molecule has 2 atom stereocenters. The minimum absolute atomic E-state index is 0.262. The minimum Gasteiger partial charge on any atom is -0.306 e. The molecule has 98 valence electrons. The van der Waals surface area contributed by atoms with Crippen molar-refractivity contribution in [3.63, 3.8) is 0 Å². The van der Waals surface area contributed by atoms with Crippen LogP contribution in [0.3, 0.4) is 0 Å². The average Bonchev–Trinajstić information content (AvgIpc) is 1.98. The Bertz CT molecular complexity index is 221. The molecule has 4 heteroatoms.